The van der Waals surface area contributed by atoms with Crippen LogP contribution < -0.4 is 19.8 Å². The smallest absolute Gasteiger partial charge is 0.277 e. The quantitative estimate of drug-likeness (QED) is 0.476. The number of hydrogen-bond acceptors (Lipinski definition) is 5. The number of carbonyl (C=O) groups excluding carboxylic acids is 1. The molecule has 0 aliphatic carbocycles. The van der Waals surface area contributed by atoms with Gasteiger partial charge in [0.1, 0.15) is 11.5 Å². The van der Waals surface area contributed by atoms with Gasteiger partial charge in [-0.3, -0.25) is 4.79 Å². The summed E-state index contributed by atoms with van der Waals surface area (Å²) in [5.74, 6) is 0.617. The van der Waals surface area contributed by atoms with Crippen molar-refractivity contribution in [1.82, 2.24) is 5.43 Å². The second-order valence-electron chi connectivity index (χ2n) is 7.81. The number of anilines is 1. The Morgan fingerprint density at radius 3 is 2.65 bits per heavy atom. The summed E-state index contributed by atoms with van der Waals surface area (Å²) in [6.45, 7) is 6.18. The Hall–Kier alpha value is -2.70. The van der Waals surface area contributed by atoms with Gasteiger partial charge in [-0.2, -0.15) is 5.10 Å². The van der Waals surface area contributed by atoms with E-state index in [0.717, 1.165) is 16.8 Å². The van der Waals surface area contributed by atoms with Crippen molar-refractivity contribution in [3.05, 3.63) is 57.6 Å². The normalized spacial score (nSPS) is 14.8. The van der Waals surface area contributed by atoms with Crippen LogP contribution in [0.2, 0.25) is 10.0 Å². The molecule has 1 aliphatic heterocycles. The second kappa shape index (κ2) is 9.20. The topological polar surface area (TPSA) is 63.2 Å². The predicted molar refractivity (Wildman–Crippen MR) is 127 cm³/mol. The average molecular weight is 462 g/mol. The molecular formula is C23H25Cl2N3O3. The van der Waals surface area contributed by atoms with Crippen molar-refractivity contribution in [3.8, 4) is 11.5 Å². The van der Waals surface area contributed by atoms with Crippen molar-refractivity contribution in [3.63, 3.8) is 0 Å². The fourth-order valence-electron chi connectivity index (χ4n) is 3.41. The van der Waals surface area contributed by atoms with Gasteiger partial charge in [0.25, 0.3) is 5.91 Å². The molecule has 1 heterocycles. The molecule has 6 nitrogen and oxygen atoms in total. The first-order valence-corrected chi connectivity index (χ1v) is 10.4. The Morgan fingerprint density at radius 2 is 1.97 bits per heavy atom. The molecule has 0 radical (unpaired) electrons. The highest BCUT2D eigenvalue weighted by Crippen LogP contribution is 2.40. The number of hydrazone groups is 1. The molecule has 8 heteroatoms. The van der Waals surface area contributed by atoms with Gasteiger partial charge in [0.05, 0.1) is 23.9 Å². The number of methoxy groups -OCH3 is 1. The van der Waals surface area contributed by atoms with E-state index in [4.69, 9.17) is 32.7 Å². The molecule has 31 heavy (non-hydrogen) atoms. The zero-order valence-electron chi connectivity index (χ0n) is 18.1. The van der Waals surface area contributed by atoms with E-state index in [1.807, 2.05) is 12.1 Å². The minimum atomic E-state index is -0.420. The van der Waals surface area contributed by atoms with E-state index in [1.54, 1.807) is 31.5 Å². The molecule has 0 bridgehead atoms. The maximum absolute atomic E-state index is 12.1. The molecule has 0 spiro atoms. The van der Waals surface area contributed by atoms with Gasteiger partial charge in [0.15, 0.2) is 6.61 Å². The van der Waals surface area contributed by atoms with Gasteiger partial charge in [0, 0.05) is 35.0 Å². The van der Waals surface area contributed by atoms with Crippen molar-refractivity contribution >= 4 is 46.6 Å². The summed E-state index contributed by atoms with van der Waals surface area (Å²) < 4.78 is 11.0. The SMILES string of the molecule is COc1cc2c(cc1/C=N/NC(=O)COc1ccc(Cl)cc1Cl)C(C)=CC(C)(C)N2C. The number of fused-ring (bicyclic) bond motifs is 1. The molecule has 2 aromatic carbocycles. The van der Waals surface area contributed by atoms with Crippen LogP contribution in [0.1, 0.15) is 31.9 Å². The fraction of sp³-hybridized carbons (Fsp3) is 0.304. The van der Waals surface area contributed by atoms with Crippen molar-refractivity contribution in [2.24, 2.45) is 5.10 Å². The molecule has 0 saturated heterocycles. The summed E-state index contributed by atoms with van der Waals surface area (Å²) in [7, 11) is 3.67. The number of rotatable bonds is 6. The van der Waals surface area contributed by atoms with Crippen LogP contribution in [0, 0.1) is 0 Å². The number of amides is 1. The molecule has 1 aliphatic rings. The first-order chi connectivity index (χ1) is 14.6. The van der Waals surface area contributed by atoms with Crippen LogP contribution in [0.3, 0.4) is 0 Å². The fourth-order valence-corrected chi connectivity index (χ4v) is 3.88. The standard InChI is InChI=1S/C23H25Cl2N3O3/c1-14-11-23(2,3)28(4)19-10-21(30-5)15(8-17(14)19)12-26-27-22(29)13-31-20-7-6-16(24)9-18(20)25/h6-12H,13H2,1-5H3,(H,27,29)/b26-12+. The molecule has 0 fully saturated rings. The molecule has 0 aromatic heterocycles. The zero-order valence-corrected chi connectivity index (χ0v) is 19.6. The van der Waals surface area contributed by atoms with E-state index < -0.39 is 5.91 Å². The average Bonchev–Trinajstić information content (AvgIpc) is 2.71. The van der Waals surface area contributed by atoms with Crippen molar-refractivity contribution in [2.45, 2.75) is 26.3 Å². The number of nitrogens with one attached hydrogen (secondary N) is 1. The Kier molecular flexibility index (Phi) is 6.82. The Balaban J connectivity index is 1.71. The van der Waals surface area contributed by atoms with Gasteiger partial charge >= 0.3 is 0 Å². The van der Waals surface area contributed by atoms with Gasteiger partial charge in [-0.25, -0.2) is 5.43 Å². The summed E-state index contributed by atoms with van der Waals surface area (Å²) >= 11 is 11.9. The lowest BCUT2D eigenvalue weighted by Gasteiger charge is -2.40. The van der Waals surface area contributed by atoms with Crippen molar-refractivity contribution < 1.29 is 14.3 Å². The van der Waals surface area contributed by atoms with E-state index in [0.29, 0.717) is 21.5 Å². The van der Waals surface area contributed by atoms with Crippen molar-refractivity contribution in [2.75, 3.05) is 25.7 Å². The van der Waals surface area contributed by atoms with Crippen LogP contribution in [-0.2, 0) is 4.79 Å². The first-order valence-electron chi connectivity index (χ1n) is 9.68. The van der Waals surface area contributed by atoms with Crippen LogP contribution >= 0.6 is 23.2 Å². The highest BCUT2D eigenvalue weighted by molar-refractivity contribution is 6.35. The Labute approximate surface area is 192 Å². The number of ether oxygens (including phenoxy) is 2. The van der Waals surface area contributed by atoms with Gasteiger partial charge in [0.2, 0.25) is 0 Å². The van der Waals surface area contributed by atoms with Crippen molar-refractivity contribution in [1.29, 1.82) is 0 Å². The van der Waals surface area contributed by atoms with Gasteiger partial charge in [-0.1, -0.05) is 29.3 Å². The second-order valence-corrected chi connectivity index (χ2v) is 8.65. The summed E-state index contributed by atoms with van der Waals surface area (Å²) in [4.78, 5) is 14.3. The number of hydrogen-bond donors (Lipinski definition) is 1. The minimum Gasteiger partial charge on any atom is -0.496 e. The molecule has 1 amide bonds. The lowest BCUT2D eigenvalue weighted by molar-refractivity contribution is -0.123. The number of nitrogens with zero attached hydrogens (tertiary/aromatic N) is 2. The van der Waals surface area contributed by atoms with E-state index in [-0.39, 0.29) is 12.1 Å². The minimum absolute atomic E-state index is 0.0986. The molecule has 0 saturated carbocycles. The maximum Gasteiger partial charge on any atom is 0.277 e. The largest absolute Gasteiger partial charge is 0.496 e. The summed E-state index contributed by atoms with van der Waals surface area (Å²) in [6.07, 6.45) is 3.78. The van der Waals surface area contributed by atoms with E-state index in [2.05, 4.69) is 49.3 Å². The molecule has 0 atom stereocenters. The predicted octanol–water partition coefficient (Wildman–Crippen LogP) is 5.16. The highest BCUT2D eigenvalue weighted by Gasteiger charge is 2.29. The number of benzene rings is 2. The Morgan fingerprint density at radius 1 is 1.23 bits per heavy atom. The van der Waals surface area contributed by atoms with Gasteiger partial charge in [-0.15, -0.1) is 0 Å². The number of halogens is 2. The third-order valence-electron chi connectivity index (χ3n) is 5.21. The molecule has 3 rings (SSSR count). The number of likely N-dealkylation sites (N-methyl/N-ethyl adjacent to an activating group) is 1. The number of carbonyl (C=O) groups is 1. The van der Waals surface area contributed by atoms with E-state index >= 15 is 0 Å². The van der Waals surface area contributed by atoms with E-state index in [9.17, 15) is 4.79 Å². The van der Waals surface area contributed by atoms with E-state index in [1.165, 1.54) is 5.57 Å². The third-order valence-corrected chi connectivity index (χ3v) is 5.74. The van der Waals surface area contributed by atoms with Gasteiger partial charge in [-0.05, 0) is 50.6 Å². The lowest BCUT2D eigenvalue weighted by atomic mass is 9.88. The number of allylic oxidation sites excluding steroid dienone is 1. The van der Waals surface area contributed by atoms with Crippen LogP contribution in [0.15, 0.2) is 41.5 Å². The van der Waals surface area contributed by atoms with Crippen LogP contribution in [0.5, 0.6) is 11.5 Å². The monoisotopic (exact) mass is 461 g/mol. The highest BCUT2D eigenvalue weighted by atomic mass is 35.5. The maximum atomic E-state index is 12.1. The van der Waals surface area contributed by atoms with Crippen LogP contribution in [0.25, 0.3) is 5.57 Å². The molecular weight excluding hydrogens is 437 g/mol. The van der Waals surface area contributed by atoms with Crippen LogP contribution in [-0.4, -0.2) is 38.4 Å². The Bertz CT molecular complexity index is 1060. The third kappa shape index (κ3) is 5.14. The summed E-state index contributed by atoms with van der Waals surface area (Å²) in [5, 5.41) is 4.87. The first kappa shape index (κ1) is 23.0. The molecule has 1 N–H and O–H groups in total. The van der Waals surface area contributed by atoms with Gasteiger partial charge < -0.3 is 14.4 Å². The molecule has 2 aromatic rings. The summed E-state index contributed by atoms with van der Waals surface area (Å²) in [5.41, 5.74) is 6.45. The summed E-state index contributed by atoms with van der Waals surface area (Å²) in [6, 6.07) is 8.78. The lowest BCUT2D eigenvalue weighted by Crippen LogP contribution is -2.42. The van der Waals surface area contributed by atoms with Crippen LogP contribution in [0.4, 0.5) is 5.69 Å². The zero-order chi connectivity index (χ0) is 22.8. The molecule has 164 valence electrons. The molecule has 0 unspecified atom stereocenters.